The van der Waals surface area contributed by atoms with Crippen LogP contribution in [0.3, 0.4) is 0 Å². The minimum atomic E-state index is -0.877. The summed E-state index contributed by atoms with van der Waals surface area (Å²) in [4.78, 5) is 23.5. The van der Waals surface area contributed by atoms with E-state index in [1.807, 2.05) is 13.0 Å². The zero-order chi connectivity index (χ0) is 17.4. The fraction of sp³-hybridized carbons (Fsp3) is 0.294. The number of carbonyl (C=O) groups excluding carboxylic acids is 1. The van der Waals surface area contributed by atoms with Crippen molar-refractivity contribution in [2.75, 3.05) is 18.5 Å². The third-order valence-electron chi connectivity index (χ3n) is 3.24. The van der Waals surface area contributed by atoms with E-state index in [9.17, 15) is 14.7 Å². The summed E-state index contributed by atoms with van der Waals surface area (Å²) in [6.07, 6.45) is 0.710. The number of amides is 2. The van der Waals surface area contributed by atoms with Gasteiger partial charge < -0.3 is 25.0 Å². The van der Waals surface area contributed by atoms with Crippen LogP contribution < -0.4 is 20.9 Å². The second kappa shape index (κ2) is 8.73. The summed E-state index contributed by atoms with van der Waals surface area (Å²) < 4.78 is 6.81. The van der Waals surface area contributed by atoms with Crippen molar-refractivity contribution >= 4 is 11.7 Å². The van der Waals surface area contributed by atoms with Crippen LogP contribution in [0.5, 0.6) is 5.75 Å². The number of nitrogens with one attached hydrogen (secondary N) is 2. The molecule has 2 rings (SSSR count). The molecular formula is C17H21N3O4. The predicted molar refractivity (Wildman–Crippen MR) is 91.3 cm³/mol. The summed E-state index contributed by atoms with van der Waals surface area (Å²) in [5.41, 5.74) is 0.345. The summed E-state index contributed by atoms with van der Waals surface area (Å²) in [6, 6.07) is 11.4. The van der Waals surface area contributed by atoms with Gasteiger partial charge in [0.15, 0.2) is 0 Å². The number of nitrogens with zero attached hydrogens (tertiary/aromatic N) is 1. The highest BCUT2D eigenvalue weighted by molar-refractivity contribution is 5.90. The first-order valence-electron chi connectivity index (χ1n) is 7.70. The van der Waals surface area contributed by atoms with E-state index in [-0.39, 0.29) is 18.6 Å². The van der Waals surface area contributed by atoms with Gasteiger partial charge in [-0.05, 0) is 25.1 Å². The van der Waals surface area contributed by atoms with Gasteiger partial charge in [0.05, 0.1) is 24.9 Å². The van der Waals surface area contributed by atoms with Gasteiger partial charge in [-0.25, -0.2) is 4.79 Å². The average Bonchev–Trinajstić information content (AvgIpc) is 2.57. The number of aliphatic hydroxyl groups is 1. The van der Waals surface area contributed by atoms with Gasteiger partial charge in [-0.15, -0.1) is 0 Å². The maximum Gasteiger partial charge on any atom is 0.319 e. The van der Waals surface area contributed by atoms with E-state index in [0.29, 0.717) is 18.0 Å². The van der Waals surface area contributed by atoms with Gasteiger partial charge in [0, 0.05) is 18.8 Å². The number of rotatable bonds is 7. The Hall–Kier alpha value is -2.80. The van der Waals surface area contributed by atoms with E-state index >= 15 is 0 Å². The molecule has 128 valence electrons. The molecule has 0 aliphatic heterocycles. The number of benzene rings is 1. The molecule has 0 aliphatic rings. The van der Waals surface area contributed by atoms with E-state index in [1.54, 1.807) is 36.5 Å². The second-order valence-corrected chi connectivity index (χ2v) is 5.11. The fourth-order valence-electron chi connectivity index (χ4n) is 2.13. The molecule has 0 spiro atoms. The van der Waals surface area contributed by atoms with Crippen molar-refractivity contribution in [1.82, 2.24) is 9.88 Å². The molecule has 7 nitrogen and oxygen atoms in total. The van der Waals surface area contributed by atoms with Crippen molar-refractivity contribution in [2.45, 2.75) is 19.6 Å². The van der Waals surface area contributed by atoms with Gasteiger partial charge in [-0.2, -0.15) is 0 Å². The van der Waals surface area contributed by atoms with Crippen LogP contribution in [0, 0.1) is 0 Å². The normalized spacial score (nSPS) is 11.6. The van der Waals surface area contributed by atoms with Crippen LogP contribution in [0.1, 0.15) is 6.92 Å². The lowest BCUT2D eigenvalue weighted by Gasteiger charge is -2.15. The highest BCUT2D eigenvalue weighted by Gasteiger charge is 2.10. The molecule has 0 fully saturated rings. The van der Waals surface area contributed by atoms with Gasteiger partial charge in [-0.3, -0.25) is 4.79 Å². The van der Waals surface area contributed by atoms with Crippen LogP contribution >= 0.6 is 0 Å². The van der Waals surface area contributed by atoms with Crippen molar-refractivity contribution in [3.05, 3.63) is 59.0 Å². The van der Waals surface area contributed by atoms with Crippen molar-refractivity contribution in [3.63, 3.8) is 0 Å². The minimum Gasteiger partial charge on any atom is -0.492 e. The summed E-state index contributed by atoms with van der Waals surface area (Å²) in [5, 5.41) is 15.2. The van der Waals surface area contributed by atoms with Crippen LogP contribution in [0.2, 0.25) is 0 Å². The summed E-state index contributed by atoms with van der Waals surface area (Å²) >= 11 is 0. The highest BCUT2D eigenvalue weighted by Crippen LogP contribution is 2.23. The van der Waals surface area contributed by atoms with Gasteiger partial charge in [0.1, 0.15) is 5.75 Å². The van der Waals surface area contributed by atoms with Crippen LogP contribution in [-0.2, 0) is 6.54 Å². The molecule has 1 aromatic heterocycles. The van der Waals surface area contributed by atoms with Crippen molar-refractivity contribution in [2.24, 2.45) is 0 Å². The average molecular weight is 331 g/mol. The van der Waals surface area contributed by atoms with Crippen LogP contribution in [0.25, 0.3) is 0 Å². The van der Waals surface area contributed by atoms with Crippen LogP contribution in [0.15, 0.2) is 53.5 Å². The van der Waals surface area contributed by atoms with E-state index in [1.165, 1.54) is 10.6 Å². The fourth-order valence-corrected chi connectivity index (χ4v) is 2.13. The van der Waals surface area contributed by atoms with Gasteiger partial charge in [0.25, 0.3) is 5.56 Å². The number of pyridine rings is 1. The Bertz CT molecular complexity index is 730. The summed E-state index contributed by atoms with van der Waals surface area (Å²) in [6.45, 7) is 2.48. The molecule has 2 amide bonds. The Morgan fingerprint density at radius 1 is 1.25 bits per heavy atom. The predicted octanol–water partition coefficient (Wildman–Crippen LogP) is 1.43. The van der Waals surface area contributed by atoms with Crippen molar-refractivity contribution in [1.29, 1.82) is 0 Å². The Morgan fingerprint density at radius 3 is 2.75 bits per heavy atom. The molecule has 1 atom stereocenters. The summed E-state index contributed by atoms with van der Waals surface area (Å²) in [7, 11) is 0. The van der Waals surface area contributed by atoms with E-state index < -0.39 is 12.1 Å². The molecule has 3 N–H and O–H groups in total. The molecule has 1 heterocycles. The standard InChI is InChI=1S/C17H21N3O4/c1-2-24-15-8-4-3-7-14(15)19-17(23)18-11-13(21)12-20-10-6-5-9-16(20)22/h3-10,13,21H,2,11-12H2,1H3,(H2,18,19,23). The highest BCUT2D eigenvalue weighted by atomic mass is 16.5. The lowest BCUT2D eigenvalue weighted by molar-refractivity contribution is 0.151. The number of hydrogen-bond acceptors (Lipinski definition) is 4. The molecule has 2 aromatic rings. The molecule has 1 aromatic carbocycles. The first-order valence-corrected chi connectivity index (χ1v) is 7.70. The number of urea groups is 1. The van der Waals surface area contributed by atoms with E-state index in [4.69, 9.17) is 4.74 Å². The SMILES string of the molecule is CCOc1ccccc1NC(=O)NCC(O)Cn1ccccc1=O. The smallest absolute Gasteiger partial charge is 0.319 e. The minimum absolute atomic E-state index is 0.0178. The Morgan fingerprint density at radius 2 is 2.00 bits per heavy atom. The van der Waals surface area contributed by atoms with Crippen molar-refractivity contribution in [3.8, 4) is 5.75 Å². The number of hydrogen-bond donors (Lipinski definition) is 3. The number of anilines is 1. The van der Waals surface area contributed by atoms with E-state index in [2.05, 4.69) is 10.6 Å². The molecule has 0 saturated heterocycles. The number of aliphatic hydroxyl groups excluding tert-OH is 1. The van der Waals surface area contributed by atoms with Gasteiger partial charge >= 0.3 is 6.03 Å². The molecule has 24 heavy (non-hydrogen) atoms. The van der Waals surface area contributed by atoms with Gasteiger partial charge in [0.2, 0.25) is 0 Å². The Labute approximate surface area is 139 Å². The zero-order valence-electron chi connectivity index (χ0n) is 13.4. The number of aromatic nitrogens is 1. The number of ether oxygens (including phenoxy) is 1. The maximum atomic E-state index is 11.9. The maximum absolute atomic E-state index is 11.9. The zero-order valence-corrected chi connectivity index (χ0v) is 13.4. The van der Waals surface area contributed by atoms with Crippen molar-refractivity contribution < 1.29 is 14.6 Å². The largest absolute Gasteiger partial charge is 0.492 e. The van der Waals surface area contributed by atoms with Crippen LogP contribution in [-0.4, -0.2) is 35.0 Å². The van der Waals surface area contributed by atoms with Gasteiger partial charge in [-0.1, -0.05) is 18.2 Å². The summed E-state index contributed by atoms with van der Waals surface area (Å²) in [5.74, 6) is 0.575. The second-order valence-electron chi connectivity index (χ2n) is 5.11. The first kappa shape index (κ1) is 17.6. The third kappa shape index (κ3) is 5.13. The monoisotopic (exact) mass is 331 g/mol. The molecule has 7 heteroatoms. The molecule has 0 saturated carbocycles. The molecular weight excluding hydrogens is 310 g/mol. The lowest BCUT2D eigenvalue weighted by Crippen LogP contribution is -2.38. The molecule has 0 bridgehead atoms. The molecule has 0 aliphatic carbocycles. The molecule has 0 radical (unpaired) electrons. The third-order valence-corrected chi connectivity index (χ3v) is 3.24. The Balaban J connectivity index is 1.85. The Kier molecular flexibility index (Phi) is 6.39. The first-order chi connectivity index (χ1) is 11.6. The number of para-hydroxylation sites is 2. The lowest BCUT2D eigenvalue weighted by atomic mass is 10.3. The number of carbonyl (C=O) groups is 1. The quantitative estimate of drug-likeness (QED) is 0.715. The topological polar surface area (TPSA) is 92.6 Å². The molecule has 1 unspecified atom stereocenters. The van der Waals surface area contributed by atoms with Crippen LogP contribution in [0.4, 0.5) is 10.5 Å². The van der Waals surface area contributed by atoms with E-state index in [0.717, 1.165) is 0 Å².